The Hall–Kier alpha value is -2.40. The van der Waals surface area contributed by atoms with Crippen LogP contribution in [0.3, 0.4) is 0 Å². The van der Waals surface area contributed by atoms with Crippen LogP contribution in [0.2, 0.25) is 0 Å². The molecule has 276 valence electrons. The lowest BCUT2D eigenvalue weighted by atomic mass is 10.1. The molecule has 0 aromatic heterocycles. The van der Waals surface area contributed by atoms with Gasteiger partial charge in [0.2, 0.25) is 0 Å². The SMILES string of the molecule is CCCCCC=CCC=CCC=CCCCCCCC(=O)O[C@@H](CO)COC(=O)CCCCCCCCCC=CCC=CCCCCC. The van der Waals surface area contributed by atoms with Crippen LogP contribution >= 0.6 is 0 Å². The van der Waals surface area contributed by atoms with Crippen LogP contribution in [0.25, 0.3) is 0 Å². The van der Waals surface area contributed by atoms with Gasteiger partial charge in [-0.3, -0.25) is 9.59 Å². The first-order valence-electron chi connectivity index (χ1n) is 19.8. The zero-order valence-corrected chi connectivity index (χ0v) is 31.2. The van der Waals surface area contributed by atoms with E-state index < -0.39 is 6.10 Å². The molecule has 0 aliphatic carbocycles. The lowest BCUT2D eigenvalue weighted by Crippen LogP contribution is -2.28. The van der Waals surface area contributed by atoms with Crippen LogP contribution in [0.4, 0.5) is 0 Å². The molecule has 0 saturated carbocycles. The summed E-state index contributed by atoms with van der Waals surface area (Å²) in [6.45, 7) is 4.05. The monoisotopic (exact) mass is 671 g/mol. The zero-order chi connectivity index (χ0) is 35.0. The Morgan fingerprint density at radius 1 is 0.479 bits per heavy atom. The van der Waals surface area contributed by atoms with Gasteiger partial charge in [-0.25, -0.2) is 0 Å². The third kappa shape index (κ3) is 36.4. The van der Waals surface area contributed by atoms with E-state index in [4.69, 9.17) is 9.47 Å². The van der Waals surface area contributed by atoms with Gasteiger partial charge >= 0.3 is 11.9 Å². The van der Waals surface area contributed by atoms with Gasteiger partial charge in [0.05, 0.1) is 6.61 Å². The molecule has 0 bridgehead atoms. The average molecular weight is 671 g/mol. The van der Waals surface area contributed by atoms with E-state index in [-0.39, 0.29) is 25.2 Å². The van der Waals surface area contributed by atoms with Crippen LogP contribution in [-0.2, 0) is 19.1 Å². The van der Waals surface area contributed by atoms with E-state index in [9.17, 15) is 14.7 Å². The summed E-state index contributed by atoms with van der Waals surface area (Å²) in [6, 6.07) is 0. The van der Waals surface area contributed by atoms with Crippen molar-refractivity contribution in [3.63, 3.8) is 0 Å². The Kier molecular flexibility index (Phi) is 37.1. The van der Waals surface area contributed by atoms with Gasteiger partial charge in [0.1, 0.15) is 6.61 Å². The van der Waals surface area contributed by atoms with Crippen molar-refractivity contribution in [2.45, 2.75) is 187 Å². The van der Waals surface area contributed by atoms with E-state index in [1.807, 2.05) is 0 Å². The van der Waals surface area contributed by atoms with E-state index in [1.165, 1.54) is 77.0 Å². The Labute approximate surface area is 296 Å². The molecule has 48 heavy (non-hydrogen) atoms. The van der Waals surface area contributed by atoms with Gasteiger partial charge in [0.15, 0.2) is 6.10 Å². The summed E-state index contributed by atoms with van der Waals surface area (Å²) in [7, 11) is 0. The maximum Gasteiger partial charge on any atom is 0.306 e. The van der Waals surface area contributed by atoms with E-state index in [2.05, 4.69) is 74.6 Å². The molecule has 0 spiro atoms. The van der Waals surface area contributed by atoms with Gasteiger partial charge in [-0.05, 0) is 83.5 Å². The molecular formula is C43H74O5. The van der Waals surface area contributed by atoms with Crippen LogP contribution in [0.15, 0.2) is 60.8 Å². The number of ether oxygens (including phenoxy) is 2. The number of hydrogen-bond donors (Lipinski definition) is 1. The van der Waals surface area contributed by atoms with Gasteiger partial charge in [-0.2, -0.15) is 0 Å². The minimum atomic E-state index is -0.788. The van der Waals surface area contributed by atoms with Gasteiger partial charge in [-0.1, -0.05) is 145 Å². The fourth-order valence-corrected chi connectivity index (χ4v) is 5.24. The molecule has 0 saturated heterocycles. The summed E-state index contributed by atoms with van der Waals surface area (Å²) >= 11 is 0. The molecular weight excluding hydrogens is 596 g/mol. The van der Waals surface area contributed by atoms with E-state index in [0.29, 0.717) is 12.8 Å². The average Bonchev–Trinajstić information content (AvgIpc) is 3.09. The van der Waals surface area contributed by atoms with Crippen LogP contribution in [0, 0.1) is 0 Å². The normalized spacial score (nSPS) is 12.8. The largest absolute Gasteiger partial charge is 0.462 e. The lowest BCUT2D eigenvalue weighted by Gasteiger charge is -2.15. The van der Waals surface area contributed by atoms with Crippen molar-refractivity contribution in [3.8, 4) is 0 Å². The highest BCUT2D eigenvalue weighted by atomic mass is 16.6. The molecule has 0 aliphatic rings. The topological polar surface area (TPSA) is 72.8 Å². The number of esters is 2. The van der Waals surface area contributed by atoms with Gasteiger partial charge in [0, 0.05) is 12.8 Å². The van der Waals surface area contributed by atoms with Crippen molar-refractivity contribution in [2.75, 3.05) is 13.2 Å². The second kappa shape index (κ2) is 39.0. The summed E-state index contributed by atoms with van der Waals surface area (Å²) in [5, 5.41) is 9.55. The molecule has 0 rings (SSSR count). The molecule has 0 radical (unpaired) electrons. The highest BCUT2D eigenvalue weighted by Crippen LogP contribution is 2.12. The predicted octanol–water partition coefficient (Wildman–Crippen LogP) is 12.4. The first-order chi connectivity index (χ1) is 23.6. The first-order valence-corrected chi connectivity index (χ1v) is 19.8. The standard InChI is InChI=1S/C43H74O5/c1-3-5-7-9-11-13-15-17-19-21-23-25-27-29-31-33-35-37-42(45)47-40-41(39-44)48-43(46)38-36-34-32-30-28-26-24-22-20-18-16-14-12-10-8-6-4-2/h11-14,17-20,24,26,41,44H,3-10,15-16,21-23,25,27-40H2,1-2H3/t41-/m0/s1. The zero-order valence-electron chi connectivity index (χ0n) is 31.2. The number of allylic oxidation sites excluding steroid dienone is 10. The number of rotatable bonds is 35. The maximum absolute atomic E-state index is 12.2. The Balaban J connectivity index is 3.63. The maximum atomic E-state index is 12.2. The molecule has 0 aliphatic heterocycles. The third-order valence-electron chi connectivity index (χ3n) is 8.28. The van der Waals surface area contributed by atoms with E-state index >= 15 is 0 Å². The summed E-state index contributed by atoms with van der Waals surface area (Å²) in [5.74, 6) is -0.628. The number of carbonyl (C=O) groups is 2. The van der Waals surface area contributed by atoms with E-state index in [0.717, 1.165) is 77.0 Å². The minimum Gasteiger partial charge on any atom is -0.462 e. The van der Waals surface area contributed by atoms with Gasteiger partial charge in [0.25, 0.3) is 0 Å². The van der Waals surface area contributed by atoms with Crippen LogP contribution in [0.1, 0.15) is 181 Å². The summed E-state index contributed by atoms with van der Waals surface area (Å²) in [4.78, 5) is 24.3. The summed E-state index contributed by atoms with van der Waals surface area (Å²) in [6.07, 6.45) is 49.9. The minimum absolute atomic E-state index is 0.0813. The third-order valence-corrected chi connectivity index (χ3v) is 8.28. The number of carbonyl (C=O) groups excluding carboxylic acids is 2. The van der Waals surface area contributed by atoms with Gasteiger partial charge in [-0.15, -0.1) is 0 Å². The lowest BCUT2D eigenvalue weighted by molar-refractivity contribution is -0.161. The van der Waals surface area contributed by atoms with Crippen molar-refractivity contribution in [3.05, 3.63) is 60.8 Å². The second-order valence-electron chi connectivity index (χ2n) is 13.0. The number of aliphatic hydroxyl groups excluding tert-OH is 1. The molecule has 5 heteroatoms. The molecule has 1 atom stereocenters. The fraction of sp³-hybridized carbons (Fsp3) is 0.721. The summed E-state index contributed by atoms with van der Waals surface area (Å²) < 4.78 is 10.6. The smallest absolute Gasteiger partial charge is 0.306 e. The van der Waals surface area contributed by atoms with Crippen molar-refractivity contribution >= 4 is 11.9 Å². The van der Waals surface area contributed by atoms with Crippen molar-refractivity contribution in [1.82, 2.24) is 0 Å². The number of unbranched alkanes of at least 4 members (excludes halogenated alkanes) is 17. The quantitative estimate of drug-likeness (QED) is 0.0413. The number of hydrogen-bond acceptors (Lipinski definition) is 5. The number of aliphatic hydroxyl groups is 1. The highest BCUT2D eigenvalue weighted by molar-refractivity contribution is 5.70. The van der Waals surface area contributed by atoms with E-state index in [1.54, 1.807) is 0 Å². The second-order valence-corrected chi connectivity index (χ2v) is 13.0. The fourth-order valence-electron chi connectivity index (χ4n) is 5.24. The molecule has 0 aromatic rings. The first kappa shape index (κ1) is 45.6. The van der Waals surface area contributed by atoms with Crippen LogP contribution in [0.5, 0.6) is 0 Å². The van der Waals surface area contributed by atoms with Crippen molar-refractivity contribution in [1.29, 1.82) is 0 Å². The van der Waals surface area contributed by atoms with Crippen LogP contribution in [-0.4, -0.2) is 36.4 Å². The Morgan fingerprint density at radius 2 is 0.833 bits per heavy atom. The van der Waals surface area contributed by atoms with Crippen molar-refractivity contribution < 1.29 is 24.2 Å². The van der Waals surface area contributed by atoms with Crippen LogP contribution < -0.4 is 0 Å². The molecule has 0 aromatic carbocycles. The highest BCUT2D eigenvalue weighted by Gasteiger charge is 2.16. The molecule has 0 unspecified atom stereocenters. The Bertz CT molecular complexity index is 853. The molecule has 5 nitrogen and oxygen atoms in total. The molecule has 0 amide bonds. The van der Waals surface area contributed by atoms with Crippen molar-refractivity contribution in [2.24, 2.45) is 0 Å². The Morgan fingerprint density at radius 3 is 1.25 bits per heavy atom. The molecule has 0 fully saturated rings. The molecule has 0 heterocycles. The van der Waals surface area contributed by atoms with Gasteiger partial charge < -0.3 is 14.6 Å². The summed E-state index contributed by atoms with van der Waals surface area (Å²) in [5.41, 5.74) is 0. The predicted molar refractivity (Wildman–Crippen MR) is 205 cm³/mol. The molecule has 1 N–H and O–H groups in total.